The third-order valence-corrected chi connectivity index (χ3v) is 2.74. The van der Waals surface area contributed by atoms with Crippen molar-refractivity contribution in [1.82, 2.24) is 14.8 Å². The number of hydrogen-bond donors (Lipinski definition) is 2. The molecule has 2 heterocycles. The third kappa shape index (κ3) is 3.40. The summed E-state index contributed by atoms with van der Waals surface area (Å²) in [6.07, 6.45) is 5.49. The van der Waals surface area contributed by atoms with Crippen LogP contribution in [-0.4, -0.2) is 40.4 Å². The molecule has 0 aliphatic heterocycles. The van der Waals surface area contributed by atoms with Gasteiger partial charge in [-0.2, -0.15) is 5.10 Å². The van der Waals surface area contributed by atoms with E-state index in [0.29, 0.717) is 24.5 Å². The van der Waals surface area contributed by atoms with Crippen LogP contribution >= 0.6 is 0 Å². The van der Waals surface area contributed by atoms with Crippen molar-refractivity contribution in [3.8, 4) is 5.82 Å². The van der Waals surface area contributed by atoms with Crippen LogP contribution in [0, 0.1) is 0 Å². The molecule has 2 aromatic heterocycles. The van der Waals surface area contributed by atoms with E-state index in [1.165, 1.54) is 0 Å². The van der Waals surface area contributed by atoms with Crippen molar-refractivity contribution < 1.29 is 9.53 Å². The van der Waals surface area contributed by atoms with Crippen molar-refractivity contribution in [3.05, 3.63) is 36.8 Å². The zero-order valence-electron chi connectivity index (χ0n) is 11.2. The molecule has 1 unspecified atom stereocenters. The fraction of sp³-hybridized carbons (Fsp3) is 0.308. The van der Waals surface area contributed by atoms with Gasteiger partial charge < -0.3 is 15.8 Å². The van der Waals surface area contributed by atoms with E-state index < -0.39 is 6.04 Å². The van der Waals surface area contributed by atoms with Gasteiger partial charge in [0, 0.05) is 32.3 Å². The standard InChI is InChI=1S/C13H17N5O2/c1-20-9-5-10(14)13(19)17-11-4-2-6-15-12(11)18-8-3-7-16-18/h2-4,6-8,10H,5,9,14H2,1H3,(H,17,19). The monoisotopic (exact) mass is 275 g/mol. The van der Waals surface area contributed by atoms with Crippen LogP contribution in [0.1, 0.15) is 6.42 Å². The fourth-order valence-corrected chi connectivity index (χ4v) is 1.67. The molecular weight excluding hydrogens is 258 g/mol. The molecule has 1 amide bonds. The van der Waals surface area contributed by atoms with Crippen molar-refractivity contribution >= 4 is 11.6 Å². The fourth-order valence-electron chi connectivity index (χ4n) is 1.67. The minimum Gasteiger partial charge on any atom is -0.385 e. The summed E-state index contributed by atoms with van der Waals surface area (Å²) in [6.45, 7) is 0.438. The van der Waals surface area contributed by atoms with Crippen molar-refractivity contribution in [2.75, 3.05) is 19.0 Å². The number of hydrogen-bond acceptors (Lipinski definition) is 5. The van der Waals surface area contributed by atoms with E-state index in [1.807, 2.05) is 0 Å². The molecule has 0 bridgehead atoms. The molecule has 106 valence electrons. The van der Waals surface area contributed by atoms with Gasteiger partial charge in [-0.15, -0.1) is 0 Å². The number of amides is 1. The van der Waals surface area contributed by atoms with Crippen LogP contribution in [0.4, 0.5) is 5.69 Å². The molecule has 0 aliphatic carbocycles. The molecule has 0 fully saturated rings. The van der Waals surface area contributed by atoms with Crippen LogP contribution in [0.25, 0.3) is 5.82 Å². The first-order valence-corrected chi connectivity index (χ1v) is 6.23. The van der Waals surface area contributed by atoms with Crippen LogP contribution in [0.5, 0.6) is 0 Å². The van der Waals surface area contributed by atoms with E-state index in [9.17, 15) is 4.79 Å². The van der Waals surface area contributed by atoms with Gasteiger partial charge in [0.2, 0.25) is 5.91 Å². The van der Waals surface area contributed by atoms with E-state index >= 15 is 0 Å². The minimum absolute atomic E-state index is 0.275. The number of nitrogens with zero attached hydrogens (tertiary/aromatic N) is 3. The number of nitrogens with one attached hydrogen (secondary N) is 1. The first-order valence-electron chi connectivity index (χ1n) is 6.23. The van der Waals surface area contributed by atoms with E-state index in [-0.39, 0.29) is 5.91 Å². The lowest BCUT2D eigenvalue weighted by Crippen LogP contribution is -2.36. The molecule has 0 radical (unpaired) electrons. The molecule has 0 spiro atoms. The first-order chi connectivity index (χ1) is 9.72. The molecular formula is C13H17N5O2. The highest BCUT2D eigenvalue weighted by Gasteiger charge is 2.15. The highest BCUT2D eigenvalue weighted by Crippen LogP contribution is 2.16. The number of anilines is 1. The van der Waals surface area contributed by atoms with E-state index in [2.05, 4.69) is 15.4 Å². The van der Waals surface area contributed by atoms with E-state index in [0.717, 1.165) is 0 Å². The Morgan fingerprint density at radius 1 is 1.50 bits per heavy atom. The number of rotatable bonds is 6. The summed E-state index contributed by atoms with van der Waals surface area (Å²) in [7, 11) is 1.57. The third-order valence-electron chi connectivity index (χ3n) is 2.74. The van der Waals surface area contributed by atoms with Gasteiger partial charge in [-0.1, -0.05) is 0 Å². The van der Waals surface area contributed by atoms with Crippen molar-refractivity contribution in [2.45, 2.75) is 12.5 Å². The molecule has 7 heteroatoms. The Balaban J connectivity index is 2.12. The second kappa shape index (κ2) is 6.78. The number of aromatic nitrogens is 3. The quantitative estimate of drug-likeness (QED) is 0.803. The average molecular weight is 275 g/mol. The molecule has 2 aromatic rings. The van der Waals surface area contributed by atoms with Crippen molar-refractivity contribution in [2.24, 2.45) is 5.73 Å². The SMILES string of the molecule is COCCC(N)C(=O)Nc1cccnc1-n1cccn1. The summed E-state index contributed by atoms with van der Waals surface area (Å²) in [5.41, 5.74) is 6.35. The zero-order valence-corrected chi connectivity index (χ0v) is 11.2. The predicted octanol–water partition coefficient (Wildman–Crippen LogP) is 0.570. The van der Waals surface area contributed by atoms with Gasteiger partial charge in [-0.25, -0.2) is 9.67 Å². The van der Waals surface area contributed by atoms with Gasteiger partial charge >= 0.3 is 0 Å². The predicted molar refractivity (Wildman–Crippen MR) is 74.5 cm³/mol. The first kappa shape index (κ1) is 14.2. The average Bonchev–Trinajstić information content (AvgIpc) is 2.99. The normalized spacial score (nSPS) is 12.1. The highest BCUT2D eigenvalue weighted by molar-refractivity contribution is 5.95. The number of carbonyl (C=O) groups excluding carboxylic acids is 1. The van der Waals surface area contributed by atoms with Crippen LogP contribution in [0.2, 0.25) is 0 Å². The summed E-state index contributed by atoms with van der Waals surface area (Å²) < 4.78 is 6.49. The lowest BCUT2D eigenvalue weighted by atomic mass is 10.2. The van der Waals surface area contributed by atoms with Crippen LogP contribution in [0.3, 0.4) is 0 Å². The van der Waals surface area contributed by atoms with Gasteiger partial charge in [0.05, 0.1) is 11.7 Å². The molecule has 0 saturated carbocycles. The van der Waals surface area contributed by atoms with E-state index in [1.54, 1.807) is 48.6 Å². The molecule has 1 atom stereocenters. The number of pyridine rings is 1. The molecule has 0 saturated heterocycles. The van der Waals surface area contributed by atoms with Gasteiger partial charge in [0.25, 0.3) is 0 Å². The summed E-state index contributed by atoms with van der Waals surface area (Å²) in [4.78, 5) is 16.2. The second-order valence-electron chi connectivity index (χ2n) is 4.20. The Morgan fingerprint density at radius 3 is 3.05 bits per heavy atom. The van der Waals surface area contributed by atoms with Crippen LogP contribution in [-0.2, 0) is 9.53 Å². The van der Waals surface area contributed by atoms with Gasteiger partial charge in [-0.05, 0) is 24.6 Å². The maximum Gasteiger partial charge on any atom is 0.241 e. The highest BCUT2D eigenvalue weighted by atomic mass is 16.5. The molecule has 0 aliphatic rings. The topological polar surface area (TPSA) is 95.1 Å². The van der Waals surface area contributed by atoms with Crippen LogP contribution in [0.15, 0.2) is 36.8 Å². The molecule has 3 N–H and O–H groups in total. The Kier molecular flexibility index (Phi) is 4.80. The van der Waals surface area contributed by atoms with Gasteiger partial charge in [-0.3, -0.25) is 4.79 Å². The summed E-state index contributed by atoms with van der Waals surface area (Å²) in [6, 6.07) is 4.65. The summed E-state index contributed by atoms with van der Waals surface area (Å²) in [5, 5.41) is 6.87. The number of methoxy groups -OCH3 is 1. The van der Waals surface area contributed by atoms with Gasteiger partial charge in [0.15, 0.2) is 5.82 Å². The number of ether oxygens (including phenoxy) is 1. The number of carbonyl (C=O) groups is 1. The second-order valence-corrected chi connectivity index (χ2v) is 4.20. The minimum atomic E-state index is -0.624. The van der Waals surface area contributed by atoms with Gasteiger partial charge in [0.1, 0.15) is 0 Å². The molecule has 2 rings (SSSR count). The number of nitrogens with two attached hydrogens (primary N) is 1. The molecule has 20 heavy (non-hydrogen) atoms. The lowest BCUT2D eigenvalue weighted by Gasteiger charge is -2.13. The largest absolute Gasteiger partial charge is 0.385 e. The summed E-state index contributed by atoms with van der Waals surface area (Å²) in [5.74, 6) is 0.272. The Morgan fingerprint density at radius 2 is 2.35 bits per heavy atom. The van der Waals surface area contributed by atoms with E-state index in [4.69, 9.17) is 10.5 Å². The Bertz CT molecular complexity index is 556. The Hall–Kier alpha value is -2.25. The molecule has 0 aromatic carbocycles. The summed E-state index contributed by atoms with van der Waals surface area (Å²) >= 11 is 0. The lowest BCUT2D eigenvalue weighted by molar-refractivity contribution is -0.117. The van der Waals surface area contributed by atoms with Crippen molar-refractivity contribution in [1.29, 1.82) is 0 Å². The zero-order chi connectivity index (χ0) is 14.4. The van der Waals surface area contributed by atoms with Crippen LogP contribution < -0.4 is 11.1 Å². The maximum absolute atomic E-state index is 12.0. The maximum atomic E-state index is 12.0. The Labute approximate surface area is 116 Å². The molecule has 7 nitrogen and oxygen atoms in total. The van der Waals surface area contributed by atoms with Crippen molar-refractivity contribution in [3.63, 3.8) is 0 Å². The smallest absolute Gasteiger partial charge is 0.241 e.